The highest BCUT2D eigenvalue weighted by Crippen LogP contribution is 2.31. The monoisotopic (exact) mass is 340 g/mol. The van der Waals surface area contributed by atoms with Gasteiger partial charge in [0.15, 0.2) is 5.82 Å². The van der Waals surface area contributed by atoms with Crippen LogP contribution in [0.25, 0.3) is 11.4 Å². The van der Waals surface area contributed by atoms with Gasteiger partial charge in [0, 0.05) is 25.3 Å². The van der Waals surface area contributed by atoms with E-state index in [0.717, 1.165) is 19.4 Å². The number of anilines is 1. The number of amides is 1. The van der Waals surface area contributed by atoms with Crippen LogP contribution in [-0.4, -0.2) is 40.1 Å². The van der Waals surface area contributed by atoms with Gasteiger partial charge in [0.05, 0.1) is 5.56 Å². The molecule has 6 heteroatoms. The molecular formula is C19H24N4O2. The van der Waals surface area contributed by atoms with E-state index < -0.39 is 0 Å². The van der Waals surface area contributed by atoms with Crippen molar-refractivity contribution in [3.05, 3.63) is 36.0 Å². The summed E-state index contributed by atoms with van der Waals surface area (Å²) >= 11 is 0. The molecule has 1 aromatic heterocycles. The van der Waals surface area contributed by atoms with Gasteiger partial charge in [-0.3, -0.25) is 4.79 Å². The minimum absolute atomic E-state index is 0.130. The van der Waals surface area contributed by atoms with E-state index in [1.165, 1.54) is 6.42 Å². The number of rotatable bonds is 4. The molecule has 1 aromatic carbocycles. The second-order valence-electron chi connectivity index (χ2n) is 6.35. The lowest BCUT2D eigenvalue weighted by Crippen LogP contribution is -2.40. The zero-order valence-electron chi connectivity index (χ0n) is 14.7. The van der Waals surface area contributed by atoms with Gasteiger partial charge in [0.1, 0.15) is 17.1 Å². The van der Waals surface area contributed by atoms with Gasteiger partial charge in [-0.15, -0.1) is 0 Å². The van der Waals surface area contributed by atoms with Crippen LogP contribution in [0, 0.1) is 0 Å². The van der Waals surface area contributed by atoms with Gasteiger partial charge in [-0.25, -0.2) is 9.97 Å². The van der Waals surface area contributed by atoms with E-state index in [1.54, 1.807) is 24.4 Å². The fraction of sp³-hybridized carbons (Fsp3) is 0.421. The number of carbonyl (C=O) groups is 1. The molecule has 1 unspecified atom stereocenters. The molecular weight excluding hydrogens is 316 g/mol. The average molecular weight is 340 g/mol. The molecule has 1 amide bonds. The zero-order chi connectivity index (χ0) is 17.8. The molecule has 6 nitrogen and oxygen atoms in total. The number of benzene rings is 1. The number of piperidine rings is 1. The fourth-order valence-electron chi connectivity index (χ4n) is 3.21. The molecule has 1 saturated heterocycles. The predicted octanol–water partition coefficient (Wildman–Crippen LogP) is 2.98. The third-order valence-corrected chi connectivity index (χ3v) is 4.57. The highest BCUT2D eigenvalue weighted by atomic mass is 16.3. The number of carbonyl (C=O) groups excluding carboxylic acids is 1. The minimum atomic E-state index is -0.167. The predicted molar refractivity (Wildman–Crippen MR) is 97.8 cm³/mol. The fourth-order valence-corrected chi connectivity index (χ4v) is 3.21. The van der Waals surface area contributed by atoms with Crippen molar-refractivity contribution in [3.8, 4) is 17.1 Å². The summed E-state index contributed by atoms with van der Waals surface area (Å²) in [4.78, 5) is 23.7. The van der Waals surface area contributed by atoms with Crippen LogP contribution in [0.1, 0.15) is 43.5 Å². The van der Waals surface area contributed by atoms with Crippen LogP contribution in [0.4, 0.5) is 5.82 Å². The van der Waals surface area contributed by atoms with E-state index >= 15 is 0 Å². The second kappa shape index (κ2) is 7.51. The summed E-state index contributed by atoms with van der Waals surface area (Å²) in [6.07, 6.45) is 4.90. The summed E-state index contributed by atoms with van der Waals surface area (Å²) in [5.74, 6) is 1.04. The van der Waals surface area contributed by atoms with Crippen LogP contribution in [0.2, 0.25) is 0 Å². The summed E-state index contributed by atoms with van der Waals surface area (Å²) in [5.41, 5.74) is 1.05. The Bertz CT molecular complexity index is 763. The van der Waals surface area contributed by atoms with Gasteiger partial charge in [0.2, 0.25) is 0 Å². The van der Waals surface area contributed by atoms with Crippen molar-refractivity contribution in [2.45, 2.75) is 39.2 Å². The molecule has 3 rings (SSSR count). The normalized spacial score (nSPS) is 17.4. The average Bonchev–Trinajstić information content (AvgIpc) is 2.62. The maximum absolute atomic E-state index is 12.5. The molecule has 132 valence electrons. The van der Waals surface area contributed by atoms with E-state index in [-0.39, 0.29) is 11.7 Å². The highest BCUT2D eigenvalue weighted by Gasteiger charge is 2.26. The number of phenolic OH excluding ortho intramolecular Hbond substituents is 1. The second-order valence-corrected chi connectivity index (χ2v) is 6.35. The van der Waals surface area contributed by atoms with Gasteiger partial charge in [-0.2, -0.15) is 0 Å². The van der Waals surface area contributed by atoms with Crippen LogP contribution in [0.3, 0.4) is 0 Å². The number of aromatic nitrogens is 2. The van der Waals surface area contributed by atoms with Gasteiger partial charge in [-0.1, -0.05) is 12.1 Å². The van der Waals surface area contributed by atoms with E-state index in [0.29, 0.717) is 35.4 Å². The van der Waals surface area contributed by atoms with Crippen molar-refractivity contribution < 1.29 is 9.90 Å². The standard InChI is InChI=1S/C19H24N4O2/c1-3-20-19(25)15-12-21-17(14-9-4-5-10-16(14)24)22-18(15)23-11-7-6-8-13(23)2/h4-5,9-10,12-13,24H,3,6-8,11H2,1-2H3,(H,20,25). The number of hydrogen-bond acceptors (Lipinski definition) is 5. The molecule has 25 heavy (non-hydrogen) atoms. The Morgan fingerprint density at radius 2 is 2.16 bits per heavy atom. The molecule has 1 fully saturated rings. The number of para-hydroxylation sites is 1. The Morgan fingerprint density at radius 3 is 2.88 bits per heavy atom. The van der Waals surface area contributed by atoms with Crippen molar-refractivity contribution in [1.82, 2.24) is 15.3 Å². The lowest BCUT2D eigenvalue weighted by molar-refractivity contribution is 0.0955. The Morgan fingerprint density at radius 1 is 1.36 bits per heavy atom. The zero-order valence-corrected chi connectivity index (χ0v) is 14.7. The van der Waals surface area contributed by atoms with Gasteiger partial charge in [0.25, 0.3) is 5.91 Å². The molecule has 0 saturated carbocycles. The lowest BCUT2D eigenvalue weighted by Gasteiger charge is -2.35. The van der Waals surface area contributed by atoms with E-state index in [2.05, 4.69) is 27.1 Å². The quantitative estimate of drug-likeness (QED) is 0.894. The first-order valence-corrected chi connectivity index (χ1v) is 8.82. The van der Waals surface area contributed by atoms with Gasteiger partial charge < -0.3 is 15.3 Å². The largest absolute Gasteiger partial charge is 0.507 e. The summed E-state index contributed by atoms with van der Waals surface area (Å²) < 4.78 is 0. The summed E-state index contributed by atoms with van der Waals surface area (Å²) in [6.45, 7) is 5.46. The number of phenols is 1. The SMILES string of the molecule is CCNC(=O)c1cnc(-c2ccccc2O)nc1N1CCCCC1C. The molecule has 1 atom stereocenters. The first-order valence-electron chi connectivity index (χ1n) is 8.82. The highest BCUT2D eigenvalue weighted by molar-refractivity contribution is 5.99. The molecule has 1 aliphatic heterocycles. The summed E-state index contributed by atoms with van der Waals surface area (Å²) in [5, 5.41) is 12.9. The van der Waals surface area contributed by atoms with Crippen molar-refractivity contribution in [2.75, 3.05) is 18.0 Å². The molecule has 0 radical (unpaired) electrons. The third-order valence-electron chi connectivity index (χ3n) is 4.57. The maximum atomic E-state index is 12.5. The van der Waals surface area contributed by atoms with Crippen LogP contribution in [0.5, 0.6) is 5.75 Å². The van der Waals surface area contributed by atoms with E-state index in [9.17, 15) is 9.90 Å². The molecule has 2 heterocycles. The van der Waals surface area contributed by atoms with E-state index in [4.69, 9.17) is 0 Å². The summed E-state index contributed by atoms with van der Waals surface area (Å²) in [7, 11) is 0. The number of nitrogens with zero attached hydrogens (tertiary/aromatic N) is 3. The number of nitrogens with one attached hydrogen (secondary N) is 1. The Kier molecular flexibility index (Phi) is 5.16. The lowest BCUT2D eigenvalue weighted by atomic mass is 10.0. The van der Waals surface area contributed by atoms with Gasteiger partial charge >= 0.3 is 0 Å². The maximum Gasteiger partial charge on any atom is 0.256 e. The molecule has 0 aliphatic carbocycles. The van der Waals surface area contributed by atoms with Crippen LogP contribution < -0.4 is 10.2 Å². The van der Waals surface area contributed by atoms with Crippen molar-refractivity contribution >= 4 is 11.7 Å². The first-order chi connectivity index (χ1) is 12.1. The van der Waals surface area contributed by atoms with Crippen molar-refractivity contribution in [2.24, 2.45) is 0 Å². The van der Waals surface area contributed by atoms with Crippen LogP contribution in [0.15, 0.2) is 30.5 Å². The summed E-state index contributed by atoms with van der Waals surface area (Å²) in [6, 6.07) is 7.29. The van der Waals surface area contributed by atoms with Crippen LogP contribution >= 0.6 is 0 Å². The third kappa shape index (κ3) is 3.57. The van der Waals surface area contributed by atoms with Crippen molar-refractivity contribution in [1.29, 1.82) is 0 Å². The molecule has 0 bridgehead atoms. The van der Waals surface area contributed by atoms with Crippen LogP contribution in [-0.2, 0) is 0 Å². The van der Waals surface area contributed by atoms with E-state index in [1.807, 2.05) is 13.0 Å². The molecule has 2 aromatic rings. The molecule has 2 N–H and O–H groups in total. The van der Waals surface area contributed by atoms with Gasteiger partial charge in [-0.05, 0) is 45.2 Å². The molecule has 1 aliphatic rings. The Labute approximate surface area is 147 Å². The number of aromatic hydroxyl groups is 1. The Hall–Kier alpha value is -2.63. The Balaban J connectivity index is 2.08. The topological polar surface area (TPSA) is 78.3 Å². The number of hydrogen-bond donors (Lipinski definition) is 2. The molecule has 0 spiro atoms. The van der Waals surface area contributed by atoms with Crippen molar-refractivity contribution in [3.63, 3.8) is 0 Å². The first kappa shape index (κ1) is 17.2. The minimum Gasteiger partial charge on any atom is -0.507 e. The smallest absolute Gasteiger partial charge is 0.256 e.